The number of amides is 4. The molecular formula is C29H39N5O5. The van der Waals surface area contributed by atoms with Crippen LogP contribution in [0.1, 0.15) is 35.7 Å². The van der Waals surface area contributed by atoms with Gasteiger partial charge in [-0.15, -0.1) is 0 Å². The fraction of sp³-hybridized carbons (Fsp3) is 0.448. The largest absolute Gasteiger partial charge is 0.491 e. The summed E-state index contributed by atoms with van der Waals surface area (Å²) in [6, 6.07) is 15.0. The Hall–Kier alpha value is -3.92. The Balaban J connectivity index is 1.90. The van der Waals surface area contributed by atoms with Crippen molar-refractivity contribution in [2.75, 3.05) is 53.4 Å². The van der Waals surface area contributed by atoms with Crippen LogP contribution in [0.3, 0.4) is 0 Å². The molecule has 0 saturated heterocycles. The molecule has 10 heteroatoms. The van der Waals surface area contributed by atoms with Crippen molar-refractivity contribution >= 4 is 23.6 Å². The normalized spacial score (nSPS) is 17.2. The molecule has 0 bridgehead atoms. The quantitative estimate of drug-likeness (QED) is 0.494. The van der Waals surface area contributed by atoms with Gasteiger partial charge in [-0.05, 0) is 51.7 Å². The Morgan fingerprint density at radius 1 is 1.03 bits per heavy atom. The van der Waals surface area contributed by atoms with Crippen LogP contribution < -0.4 is 15.4 Å². The summed E-state index contributed by atoms with van der Waals surface area (Å²) in [6.45, 7) is 4.01. The smallest absolute Gasteiger partial charge is 0.255 e. The average molecular weight is 538 g/mol. The summed E-state index contributed by atoms with van der Waals surface area (Å²) in [5, 5.41) is 5.58. The van der Waals surface area contributed by atoms with Gasteiger partial charge in [-0.2, -0.15) is 0 Å². The molecule has 210 valence electrons. The van der Waals surface area contributed by atoms with Crippen molar-refractivity contribution < 1.29 is 23.9 Å². The highest BCUT2D eigenvalue weighted by Gasteiger charge is 2.29. The van der Waals surface area contributed by atoms with Gasteiger partial charge >= 0.3 is 0 Å². The Morgan fingerprint density at radius 3 is 2.46 bits per heavy atom. The summed E-state index contributed by atoms with van der Waals surface area (Å²) in [5.41, 5.74) is 1.11. The minimum absolute atomic E-state index is 0.150. The predicted octanol–water partition coefficient (Wildman–Crippen LogP) is 1.51. The average Bonchev–Trinajstić information content (AvgIpc) is 2.92. The molecule has 0 unspecified atom stereocenters. The van der Waals surface area contributed by atoms with Gasteiger partial charge < -0.3 is 30.1 Å². The molecule has 2 aromatic rings. The highest BCUT2D eigenvalue weighted by molar-refractivity contribution is 6.01. The molecule has 0 saturated carbocycles. The minimum atomic E-state index is -1.13. The molecule has 0 radical (unpaired) electrons. The van der Waals surface area contributed by atoms with Crippen LogP contribution in [0, 0.1) is 0 Å². The summed E-state index contributed by atoms with van der Waals surface area (Å²) in [6.07, 6.45) is 0.423. The molecular weight excluding hydrogens is 498 g/mol. The third-order valence-electron chi connectivity index (χ3n) is 6.46. The maximum Gasteiger partial charge on any atom is 0.255 e. The fourth-order valence-electron chi connectivity index (χ4n) is 4.28. The zero-order valence-corrected chi connectivity index (χ0v) is 23.0. The van der Waals surface area contributed by atoms with E-state index in [0.717, 1.165) is 12.1 Å². The number of carbonyl (C=O) groups is 4. The van der Waals surface area contributed by atoms with Crippen molar-refractivity contribution in [3.63, 3.8) is 0 Å². The number of nitrogens with zero attached hydrogens (tertiary/aromatic N) is 3. The number of hydrogen-bond acceptors (Lipinski definition) is 6. The lowest BCUT2D eigenvalue weighted by Crippen LogP contribution is -2.51. The Kier molecular flexibility index (Phi) is 11.3. The van der Waals surface area contributed by atoms with Gasteiger partial charge in [0, 0.05) is 19.6 Å². The first-order valence-corrected chi connectivity index (χ1v) is 13.3. The maximum atomic E-state index is 13.6. The van der Waals surface area contributed by atoms with E-state index in [4.69, 9.17) is 4.74 Å². The van der Waals surface area contributed by atoms with E-state index in [1.165, 1.54) is 4.90 Å². The molecule has 0 fully saturated rings. The first kappa shape index (κ1) is 29.6. The fourth-order valence-corrected chi connectivity index (χ4v) is 4.28. The predicted molar refractivity (Wildman–Crippen MR) is 148 cm³/mol. The summed E-state index contributed by atoms with van der Waals surface area (Å²) >= 11 is 0. The molecule has 39 heavy (non-hydrogen) atoms. The highest BCUT2D eigenvalue weighted by atomic mass is 16.5. The highest BCUT2D eigenvalue weighted by Crippen LogP contribution is 2.19. The second kappa shape index (κ2) is 14.9. The van der Waals surface area contributed by atoms with Crippen molar-refractivity contribution in [1.82, 2.24) is 25.3 Å². The second-order valence-electron chi connectivity index (χ2n) is 9.73. The van der Waals surface area contributed by atoms with Gasteiger partial charge in [0.05, 0.1) is 18.5 Å². The van der Waals surface area contributed by atoms with E-state index in [-0.39, 0.29) is 37.6 Å². The van der Waals surface area contributed by atoms with E-state index in [1.54, 1.807) is 29.2 Å². The van der Waals surface area contributed by atoms with Crippen molar-refractivity contribution in [3.05, 3.63) is 65.7 Å². The van der Waals surface area contributed by atoms with Gasteiger partial charge in [0.15, 0.2) is 0 Å². The number of para-hydroxylation sites is 1. The number of benzene rings is 2. The van der Waals surface area contributed by atoms with E-state index in [9.17, 15) is 19.2 Å². The minimum Gasteiger partial charge on any atom is -0.491 e. The van der Waals surface area contributed by atoms with Crippen LogP contribution >= 0.6 is 0 Å². The maximum absolute atomic E-state index is 13.6. The van der Waals surface area contributed by atoms with Gasteiger partial charge in [-0.1, -0.05) is 42.5 Å². The molecule has 0 spiro atoms. The molecule has 1 aliphatic rings. The molecule has 0 aromatic heterocycles. The van der Waals surface area contributed by atoms with Gasteiger partial charge in [-0.3, -0.25) is 19.2 Å². The molecule has 3 rings (SSSR count). The lowest BCUT2D eigenvalue weighted by molar-refractivity contribution is -0.142. The zero-order valence-electron chi connectivity index (χ0n) is 23.0. The standard InChI is InChI=1S/C29H39N5O5/c1-4-33-17-18-39-25-14-9-8-13-23(25)28(37)31-24(29(38)30-15-10-16-32(2)3)19-26(35)34(21-27(33)36)20-22-11-6-5-7-12-22/h5-9,11-14,24H,4,10,15-21H2,1-3H3,(H,30,38)(H,31,37)/t24-/m0/s1. The Labute approximate surface area is 230 Å². The third-order valence-corrected chi connectivity index (χ3v) is 6.46. The van der Waals surface area contributed by atoms with Crippen LogP contribution in [-0.4, -0.2) is 97.8 Å². The van der Waals surface area contributed by atoms with Crippen LogP contribution in [0.25, 0.3) is 0 Å². The van der Waals surface area contributed by atoms with Crippen molar-refractivity contribution in [2.24, 2.45) is 0 Å². The Bertz CT molecular complexity index is 1120. The van der Waals surface area contributed by atoms with Crippen molar-refractivity contribution in [2.45, 2.75) is 32.4 Å². The van der Waals surface area contributed by atoms with Gasteiger partial charge in [0.25, 0.3) is 5.91 Å². The second-order valence-corrected chi connectivity index (χ2v) is 9.73. The summed E-state index contributed by atoms with van der Waals surface area (Å²) in [4.78, 5) is 58.4. The number of carbonyl (C=O) groups excluding carboxylic acids is 4. The summed E-state index contributed by atoms with van der Waals surface area (Å²) < 4.78 is 5.88. The summed E-state index contributed by atoms with van der Waals surface area (Å²) in [7, 11) is 3.89. The monoisotopic (exact) mass is 537 g/mol. The molecule has 1 heterocycles. The molecule has 4 amide bonds. The van der Waals surface area contributed by atoms with Gasteiger partial charge in [-0.25, -0.2) is 0 Å². The van der Waals surface area contributed by atoms with E-state index < -0.39 is 23.8 Å². The molecule has 2 N–H and O–H groups in total. The van der Waals surface area contributed by atoms with E-state index in [2.05, 4.69) is 10.6 Å². The molecule has 1 atom stereocenters. The van der Waals surface area contributed by atoms with Gasteiger partial charge in [0.2, 0.25) is 17.7 Å². The van der Waals surface area contributed by atoms with Crippen LogP contribution in [-0.2, 0) is 20.9 Å². The van der Waals surface area contributed by atoms with E-state index in [1.807, 2.05) is 56.3 Å². The number of nitrogens with one attached hydrogen (secondary N) is 2. The van der Waals surface area contributed by atoms with Crippen LogP contribution in [0.4, 0.5) is 0 Å². The first-order valence-electron chi connectivity index (χ1n) is 13.3. The number of ether oxygens (including phenoxy) is 1. The topological polar surface area (TPSA) is 111 Å². The van der Waals surface area contributed by atoms with Crippen molar-refractivity contribution in [1.29, 1.82) is 0 Å². The van der Waals surface area contributed by atoms with E-state index in [0.29, 0.717) is 31.8 Å². The Morgan fingerprint density at radius 2 is 1.74 bits per heavy atom. The van der Waals surface area contributed by atoms with Crippen LogP contribution in [0.15, 0.2) is 54.6 Å². The third kappa shape index (κ3) is 9.10. The molecule has 0 aliphatic carbocycles. The lowest BCUT2D eigenvalue weighted by Gasteiger charge is -2.29. The molecule has 1 aliphatic heterocycles. The lowest BCUT2D eigenvalue weighted by atomic mass is 10.1. The first-order chi connectivity index (χ1) is 18.8. The molecule has 10 nitrogen and oxygen atoms in total. The number of hydrogen-bond donors (Lipinski definition) is 2. The van der Waals surface area contributed by atoms with Crippen LogP contribution in [0.2, 0.25) is 0 Å². The summed E-state index contributed by atoms with van der Waals surface area (Å²) in [5.74, 6) is -1.25. The number of fused-ring (bicyclic) bond motifs is 1. The van der Waals surface area contributed by atoms with Gasteiger partial charge in [0.1, 0.15) is 24.9 Å². The van der Waals surface area contributed by atoms with Crippen LogP contribution in [0.5, 0.6) is 5.75 Å². The van der Waals surface area contributed by atoms with Crippen molar-refractivity contribution in [3.8, 4) is 5.75 Å². The molecule has 2 aromatic carbocycles. The van der Waals surface area contributed by atoms with E-state index >= 15 is 0 Å². The SMILES string of the molecule is CCN1CCOc2ccccc2C(=O)N[C@H](C(=O)NCCCN(C)C)CC(=O)N(Cc2ccccc2)CC1=O. The number of likely N-dealkylation sites (N-methyl/N-ethyl adjacent to an activating group) is 1. The number of rotatable bonds is 8. The zero-order chi connectivity index (χ0) is 28.2.